The fourth-order valence-corrected chi connectivity index (χ4v) is 12.0. The summed E-state index contributed by atoms with van der Waals surface area (Å²) in [7, 11) is 0. The molecule has 0 spiro atoms. The van der Waals surface area contributed by atoms with Crippen molar-refractivity contribution in [1.29, 1.82) is 0 Å². The second-order valence-electron chi connectivity index (χ2n) is 25.9. The Morgan fingerprint density at radius 3 is 1.04 bits per heavy atom. The van der Waals surface area contributed by atoms with E-state index in [-0.39, 0.29) is 116 Å². The molecule has 0 aliphatic carbocycles. The Labute approximate surface area is 580 Å². The Morgan fingerprint density at radius 2 is 0.663 bits per heavy atom. The Bertz CT molecular complexity index is 4480. The van der Waals surface area contributed by atoms with Crippen LogP contribution in [0.2, 0.25) is 30.1 Å². The predicted octanol–water partition coefficient (Wildman–Crippen LogP) is 27.5. The molecule has 0 radical (unpaired) electrons. The molecular weight excluding hydrogens is 1280 g/mol. The second kappa shape index (κ2) is 28.0. The fraction of sp³-hybridized carbons (Fsp3) is 0.215. The number of hydrogen-bond donors (Lipinski definition) is 1. The number of halogens is 7. The van der Waals surface area contributed by atoms with Crippen LogP contribution in [0.5, 0.6) is 0 Å². The van der Waals surface area contributed by atoms with Gasteiger partial charge in [0.25, 0.3) is 0 Å². The molecule has 0 heterocycles. The molecule has 456 valence electrons. The number of anilines is 8. The molecule has 11 aromatic rings. The second-order valence-corrected chi connectivity index (χ2v) is 29.4. The van der Waals surface area contributed by atoms with E-state index < -0.39 is 0 Å². The summed E-state index contributed by atoms with van der Waals surface area (Å²) < 4.78 is 91.1. The van der Waals surface area contributed by atoms with Crippen LogP contribution in [0.3, 0.4) is 0 Å². The van der Waals surface area contributed by atoms with E-state index in [9.17, 15) is 5.48 Å². The van der Waals surface area contributed by atoms with Crippen molar-refractivity contribution in [3.8, 4) is 0 Å². The van der Waals surface area contributed by atoms with Crippen molar-refractivity contribution < 1.29 is 13.7 Å². The maximum atomic E-state index is 9.55. The van der Waals surface area contributed by atoms with Gasteiger partial charge < -0.3 is 15.1 Å². The SMILES string of the molecule is Clc1cc(Cl)cc(Br)c1.[2H]c1c(Nc2ccc(C(C)(C)C)cc2)c([2H])c2c([2H])c([2H])c(Cc3ccc(C(C)(C)C)cc3)c([2H])c2c1[2H].[2H]c1cc(N(c2ccc(C(C)(C)C)cc2)c2cc(Cl)cc(Cl)c2)c([2H])c2c([2H])cc(N(c3ccc(C(C)(C)C)cc3)c3cc(Cl)cc(Cl)c3)c([2H])c12. The molecule has 1 N–H and O–H groups in total. The predicted molar refractivity (Wildman–Crippen MR) is 395 cm³/mol. The van der Waals surface area contributed by atoms with Crippen molar-refractivity contribution >= 4 is 153 Å². The third-order valence-corrected chi connectivity index (χ3v) is 16.4. The highest BCUT2D eigenvalue weighted by Gasteiger charge is 2.21. The van der Waals surface area contributed by atoms with Crippen molar-refractivity contribution in [1.82, 2.24) is 0 Å². The molecular formula is C79H76BrCl6N3. The molecule has 0 unspecified atom stereocenters. The fourth-order valence-electron chi connectivity index (χ4n) is 9.71. The van der Waals surface area contributed by atoms with E-state index >= 15 is 0 Å². The maximum absolute atomic E-state index is 9.55. The average molecular weight is 1370 g/mol. The third-order valence-electron chi connectivity index (χ3n) is 14.6. The maximum Gasteiger partial charge on any atom is 0.0651 e. The summed E-state index contributed by atoms with van der Waals surface area (Å²) >= 11 is 40.5. The average Bonchev–Trinajstić information content (AvgIpc) is 0.742. The summed E-state index contributed by atoms with van der Waals surface area (Å²) in [6.07, 6.45) is 0.268. The molecule has 0 aliphatic rings. The van der Waals surface area contributed by atoms with Crippen LogP contribution < -0.4 is 15.1 Å². The van der Waals surface area contributed by atoms with Gasteiger partial charge in [0.05, 0.1) is 13.7 Å². The van der Waals surface area contributed by atoms with Crippen molar-refractivity contribution in [2.45, 2.75) is 111 Å². The largest absolute Gasteiger partial charge is 0.356 e. The molecule has 3 nitrogen and oxygen atoms in total. The number of nitrogens with one attached hydrogen (secondary N) is 1. The van der Waals surface area contributed by atoms with Gasteiger partial charge in [-0.2, -0.15) is 0 Å². The van der Waals surface area contributed by atoms with Gasteiger partial charge in [-0.3, -0.25) is 0 Å². The summed E-state index contributed by atoms with van der Waals surface area (Å²) in [6, 6.07) is 49.4. The van der Waals surface area contributed by atoms with E-state index in [1.54, 1.807) is 66.7 Å². The van der Waals surface area contributed by atoms with Crippen molar-refractivity contribution in [3.05, 3.63) is 292 Å². The normalized spacial score (nSPS) is 13.4. The highest BCUT2D eigenvalue weighted by atomic mass is 79.9. The first-order chi connectivity index (χ1) is 46.1. The first-order valence-corrected chi connectivity index (χ1v) is 32.1. The van der Waals surface area contributed by atoms with Crippen LogP contribution in [0.1, 0.15) is 130 Å². The van der Waals surface area contributed by atoms with Crippen LogP contribution in [-0.4, -0.2) is 0 Å². The van der Waals surface area contributed by atoms with Crippen LogP contribution in [0.25, 0.3) is 21.5 Å². The molecule has 0 bridgehead atoms. The van der Waals surface area contributed by atoms with E-state index in [0.29, 0.717) is 64.1 Å². The minimum Gasteiger partial charge on any atom is -0.356 e. The molecule has 11 aromatic carbocycles. The molecule has 0 fully saturated rings. The molecule has 0 amide bonds. The van der Waals surface area contributed by atoms with E-state index in [2.05, 4.69) is 104 Å². The Morgan fingerprint density at radius 1 is 0.326 bits per heavy atom. The van der Waals surface area contributed by atoms with Gasteiger partial charge in [0, 0.05) is 80.1 Å². The van der Waals surface area contributed by atoms with E-state index in [1.807, 2.05) is 107 Å². The number of fused-ring (bicyclic) bond motifs is 2. The monoisotopic (exact) mass is 1370 g/mol. The van der Waals surface area contributed by atoms with Gasteiger partial charge in [0.15, 0.2) is 0 Å². The van der Waals surface area contributed by atoms with Gasteiger partial charge >= 0.3 is 0 Å². The number of hydrogen-bond acceptors (Lipinski definition) is 3. The summed E-state index contributed by atoms with van der Waals surface area (Å²) in [4.78, 5) is 3.63. The highest BCUT2D eigenvalue weighted by Crippen LogP contribution is 2.43. The number of benzene rings is 11. The van der Waals surface area contributed by atoms with Crippen LogP contribution in [0.4, 0.5) is 45.5 Å². The molecule has 0 aliphatic heterocycles. The number of rotatable bonds is 10. The summed E-state index contributed by atoms with van der Waals surface area (Å²) in [6.45, 7) is 25.6. The minimum atomic E-state index is -0.215. The van der Waals surface area contributed by atoms with Crippen LogP contribution in [-0.2, 0) is 28.1 Å². The lowest BCUT2D eigenvalue weighted by atomic mass is 9.86. The van der Waals surface area contributed by atoms with E-state index in [4.69, 9.17) is 77.8 Å². The Balaban J connectivity index is 0.000000212. The molecule has 0 saturated carbocycles. The zero-order valence-electron chi connectivity index (χ0n) is 61.8. The van der Waals surface area contributed by atoms with Crippen LogP contribution in [0, 0.1) is 0 Å². The van der Waals surface area contributed by atoms with Crippen molar-refractivity contribution in [3.63, 3.8) is 0 Å². The first-order valence-electron chi connectivity index (χ1n) is 34.0. The lowest BCUT2D eigenvalue weighted by Gasteiger charge is -2.28. The zero-order chi connectivity index (χ0) is 72.9. The quantitative estimate of drug-likeness (QED) is 0.147. The highest BCUT2D eigenvalue weighted by molar-refractivity contribution is 9.10. The standard InChI is InChI=1S/C42H38Cl4N2.C31H35N.C6H3BrCl2/c1-41(2,3)29-9-15-35(16-10-29)47(39-23-31(43)21-32(44)24-39)37-13-7-28-20-38(14-8-27(28)19-37)48(40-25-33(45)22-34(46)26-40)36-17-11-30(12-18-36)42(4,5)6;1-30(2,3)26-12-8-22(9-13-26)19-23-7-10-25-21-29(16-11-24(25)20-23)32-28-17-14-27(15-18-28)31(4,5)6;7-4-1-5(8)3-6(9)2-4/h7-26H,1-6H3;7-18,20-21,32H,19H2,1-6H3;1-3H/i7D,8D,19D,20D;7D,10D,11D,16D,20D,21D;. The van der Waals surface area contributed by atoms with Crippen molar-refractivity contribution in [2.24, 2.45) is 0 Å². The van der Waals surface area contributed by atoms with Gasteiger partial charge in [-0.25, -0.2) is 0 Å². The summed E-state index contributed by atoms with van der Waals surface area (Å²) in [5, 5.41) is 6.51. The van der Waals surface area contributed by atoms with Gasteiger partial charge in [-0.15, -0.1) is 0 Å². The Kier molecular flexibility index (Phi) is 17.1. The topological polar surface area (TPSA) is 18.5 Å². The lowest BCUT2D eigenvalue weighted by molar-refractivity contribution is 0.590. The van der Waals surface area contributed by atoms with Gasteiger partial charge in [0.2, 0.25) is 0 Å². The molecule has 0 atom stereocenters. The molecule has 0 saturated heterocycles. The summed E-state index contributed by atoms with van der Waals surface area (Å²) in [5.41, 5.74) is 9.71. The van der Waals surface area contributed by atoms with Crippen LogP contribution >= 0.6 is 85.5 Å². The first kappa shape index (κ1) is 54.3. The zero-order valence-corrected chi connectivity index (χ0v) is 58.0. The van der Waals surface area contributed by atoms with Gasteiger partial charge in [0.1, 0.15) is 0 Å². The van der Waals surface area contributed by atoms with Gasteiger partial charge in [-0.1, -0.05) is 266 Å². The van der Waals surface area contributed by atoms with Crippen molar-refractivity contribution in [2.75, 3.05) is 15.1 Å². The summed E-state index contributed by atoms with van der Waals surface area (Å²) in [5.74, 6) is 0. The Hall–Kier alpha value is -6.44. The molecule has 0 aromatic heterocycles. The minimum absolute atomic E-state index is 0.00649. The number of nitrogens with zero attached hydrogens (tertiary/aromatic N) is 2. The van der Waals surface area contributed by atoms with Gasteiger partial charge in [-0.05, 0) is 210 Å². The van der Waals surface area contributed by atoms with E-state index in [0.717, 1.165) is 38.1 Å². The lowest BCUT2D eigenvalue weighted by Crippen LogP contribution is -2.13. The third kappa shape index (κ3) is 18.0. The van der Waals surface area contributed by atoms with E-state index in [1.165, 1.54) is 5.56 Å². The van der Waals surface area contributed by atoms with Crippen LogP contribution in [0.15, 0.2) is 229 Å². The molecule has 89 heavy (non-hydrogen) atoms. The molecule has 11 rings (SSSR count). The molecule has 10 heteroatoms. The smallest absolute Gasteiger partial charge is 0.0651 e.